The van der Waals surface area contributed by atoms with E-state index in [-0.39, 0.29) is 0 Å². The number of nitrogens with zero attached hydrogens (tertiary/aromatic N) is 5. The van der Waals surface area contributed by atoms with Crippen LogP contribution >= 0.6 is 0 Å². The highest BCUT2D eigenvalue weighted by atomic mass is 15.0. The van der Waals surface area contributed by atoms with Crippen molar-refractivity contribution in [3.8, 4) is 11.4 Å². The lowest BCUT2D eigenvalue weighted by molar-refractivity contribution is 1.17. The first-order chi connectivity index (χ1) is 21.3. The molecule has 200 valence electrons. The van der Waals surface area contributed by atoms with Crippen LogP contribution in [0.5, 0.6) is 0 Å². The Morgan fingerprint density at radius 2 is 1.02 bits per heavy atom. The zero-order chi connectivity index (χ0) is 28.1. The van der Waals surface area contributed by atoms with Crippen LogP contribution in [0.25, 0.3) is 82.3 Å². The monoisotopic (exact) mass is 549 g/mol. The minimum absolute atomic E-state index is 0.944. The van der Waals surface area contributed by atoms with E-state index in [9.17, 15) is 0 Å². The number of para-hydroxylation sites is 3. The third-order valence-electron chi connectivity index (χ3n) is 8.96. The average molecular weight is 550 g/mol. The fourth-order valence-electron chi connectivity index (χ4n) is 7.14. The maximum atomic E-state index is 4.80. The van der Waals surface area contributed by atoms with Gasteiger partial charge >= 0.3 is 0 Å². The summed E-state index contributed by atoms with van der Waals surface area (Å²) in [6.45, 7) is 0. The van der Waals surface area contributed by atoms with Crippen molar-refractivity contribution in [2.24, 2.45) is 0 Å². The molecule has 0 saturated heterocycles. The molecular formula is C38H23N5. The number of aromatic nitrogens is 5. The first-order valence-corrected chi connectivity index (χ1v) is 14.5. The summed E-state index contributed by atoms with van der Waals surface area (Å²) < 4.78 is 6.96. The highest BCUT2D eigenvalue weighted by molar-refractivity contribution is 6.23. The van der Waals surface area contributed by atoms with Gasteiger partial charge in [-0.15, -0.1) is 0 Å². The Kier molecular flexibility index (Phi) is 4.39. The van der Waals surface area contributed by atoms with Gasteiger partial charge in [-0.05, 0) is 66.0 Å². The Bertz CT molecular complexity index is 2710. The van der Waals surface area contributed by atoms with Crippen LogP contribution in [0.2, 0.25) is 0 Å². The summed E-state index contributed by atoms with van der Waals surface area (Å²) in [5.41, 5.74) is 9.03. The highest BCUT2D eigenvalue weighted by Gasteiger charge is 2.20. The zero-order valence-corrected chi connectivity index (χ0v) is 23.0. The quantitative estimate of drug-likeness (QED) is 0.202. The van der Waals surface area contributed by atoms with Crippen molar-refractivity contribution in [3.05, 3.63) is 140 Å². The van der Waals surface area contributed by atoms with Gasteiger partial charge in [0.15, 0.2) is 0 Å². The second-order valence-electron chi connectivity index (χ2n) is 11.2. The van der Waals surface area contributed by atoms with Crippen LogP contribution in [0.1, 0.15) is 0 Å². The molecule has 0 unspecified atom stereocenters. The van der Waals surface area contributed by atoms with Gasteiger partial charge in [0, 0.05) is 62.3 Å². The van der Waals surface area contributed by atoms with Crippen LogP contribution in [-0.4, -0.2) is 23.5 Å². The Morgan fingerprint density at radius 3 is 1.79 bits per heavy atom. The molecule has 5 heteroatoms. The third kappa shape index (κ3) is 3.00. The summed E-state index contributed by atoms with van der Waals surface area (Å²) in [5.74, 6) is 0. The molecule has 5 nitrogen and oxygen atoms in total. The SMILES string of the molecule is c1ccc(-n2c3ccccc3c3cc4c5cc6c(cc5n(-c5ccccc5)c4cc32)c2ccncc2n2ccnc62)cc1. The van der Waals surface area contributed by atoms with Crippen LogP contribution < -0.4 is 0 Å². The van der Waals surface area contributed by atoms with Crippen LogP contribution in [0.15, 0.2) is 140 Å². The van der Waals surface area contributed by atoms with E-state index in [0.717, 1.165) is 33.3 Å². The summed E-state index contributed by atoms with van der Waals surface area (Å²) in [4.78, 5) is 9.24. The molecule has 0 aliphatic carbocycles. The van der Waals surface area contributed by atoms with Crippen molar-refractivity contribution in [2.45, 2.75) is 0 Å². The standard InChI is InChI=1S/C38H23N5/c1-3-9-24(10-4-1)42-33-14-8-7-13-26(33)29-19-30-31-20-32-28(27-15-16-39-23-37(27)41-18-17-40-38(32)41)21-34(31)43(36(30)22-35(29)42)25-11-5-2-6-12-25/h1-23H. The average Bonchev–Trinajstić information content (AvgIpc) is 3.77. The summed E-state index contributed by atoms with van der Waals surface area (Å²) in [6, 6.07) is 41.7. The Balaban J connectivity index is 1.45. The second-order valence-corrected chi connectivity index (χ2v) is 11.2. The number of fused-ring (bicyclic) bond motifs is 12. The zero-order valence-electron chi connectivity index (χ0n) is 23.0. The maximum absolute atomic E-state index is 4.80. The number of hydrogen-bond donors (Lipinski definition) is 0. The van der Waals surface area contributed by atoms with Gasteiger partial charge in [-0.3, -0.25) is 9.38 Å². The molecule has 0 aliphatic rings. The van der Waals surface area contributed by atoms with E-state index in [1.807, 2.05) is 24.8 Å². The van der Waals surface area contributed by atoms with Crippen LogP contribution in [0.4, 0.5) is 0 Å². The molecule has 0 aliphatic heterocycles. The number of pyridine rings is 2. The molecule has 5 heterocycles. The van der Waals surface area contributed by atoms with Crippen molar-refractivity contribution in [2.75, 3.05) is 0 Å². The summed E-state index contributed by atoms with van der Waals surface area (Å²) >= 11 is 0. The van der Waals surface area contributed by atoms with Gasteiger partial charge in [0.1, 0.15) is 5.65 Å². The molecule has 10 rings (SSSR count). The second kappa shape index (κ2) is 8.30. The molecule has 0 fully saturated rings. The van der Waals surface area contributed by atoms with Crippen LogP contribution in [-0.2, 0) is 0 Å². The van der Waals surface area contributed by atoms with Crippen molar-refractivity contribution in [1.82, 2.24) is 23.5 Å². The molecule has 5 aromatic carbocycles. The Morgan fingerprint density at radius 1 is 0.419 bits per heavy atom. The number of imidazole rings is 1. The number of rotatable bonds is 2. The molecule has 10 aromatic rings. The topological polar surface area (TPSA) is 40.0 Å². The summed E-state index contributed by atoms with van der Waals surface area (Å²) in [7, 11) is 0. The Hall–Kier alpha value is -5.94. The van der Waals surface area contributed by atoms with E-state index in [1.54, 1.807) is 0 Å². The van der Waals surface area contributed by atoms with E-state index >= 15 is 0 Å². The highest BCUT2D eigenvalue weighted by Crippen LogP contribution is 2.42. The van der Waals surface area contributed by atoms with Gasteiger partial charge in [-0.1, -0.05) is 54.6 Å². The van der Waals surface area contributed by atoms with Gasteiger partial charge in [0.05, 0.1) is 33.8 Å². The van der Waals surface area contributed by atoms with Crippen molar-refractivity contribution in [1.29, 1.82) is 0 Å². The van der Waals surface area contributed by atoms with Crippen LogP contribution in [0.3, 0.4) is 0 Å². The molecule has 5 aromatic heterocycles. The van der Waals surface area contributed by atoms with Gasteiger partial charge in [-0.2, -0.15) is 0 Å². The normalized spacial score (nSPS) is 12.2. The molecule has 0 bridgehead atoms. The largest absolute Gasteiger partial charge is 0.309 e. The number of benzene rings is 5. The molecule has 0 spiro atoms. The van der Waals surface area contributed by atoms with E-state index in [2.05, 4.69) is 134 Å². The van der Waals surface area contributed by atoms with Crippen molar-refractivity contribution < 1.29 is 0 Å². The molecule has 0 radical (unpaired) electrons. The first kappa shape index (κ1) is 22.7. The van der Waals surface area contributed by atoms with Gasteiger partial charge in [0.2, 0.25) is 0 Å². The minimum atomic E-state index is 0.944. The summed E-state index contributed by atoms with van der Waals surface area (Å²) in [5, 5.41) is 8.40. The first-order valence-electron chi connectivity index (χ1n) is 14.5. The smallest absolute Gasteiger partial charge is 0.145 e. The fraction of sp³-hybridized carbons (Fsp3) is 0. The summed E-state index contributed by atoms with van der Waals surface area (Å²) in [6.07, 6.45) is 7.71. The molecule has 0 N–H and O–H groups in total. The van der Waals surface area contributed by atoms with E-state index < -0.39 is 0 Å². The maximum Gasteiger partial charge on any atom is 0.145 e. The van der Waals surface area contributed by atoms with Crippen molar-refractivity contribution >= 4 is 70.9 Å². The predicted octanol–water partition coefficient (Wildman–Crippen LogP) is 9.23. The van der Waals surface area contributed by atoms with E-state index in [0.29, 0.717) is 0 Å². The predicted molar refractivity (Wildman–Crippen MR) is 177 cm³/mol. The fourth-order valence-corrected chi connectivity index (χ4v) is 7.14. The van der Waals surface area contributed by atoms with E-state index in [1.165, 1.54) is 49.0 Å². The van der Waals surface area contributed by atoms with Crippen molar-refractivity contribution in [3.63, 3.8) is 0 Å². The molecule has 0 atom stereocenters. The van der Waals surface area contributed by atoms with Gasteiger partial charge in [-0.25, -0.2) is 4.98 Å². The third-order valence-corrected chi connectivity index (χ3v) is 8.96. The molecule has 43 heavy (non-hydrogen) atoms. The minimum Gasteiger partial charge on any atom is -0.309 e. The Labute approximate surface area is 245 Å². The lowest BCUT2D eigenvalue weighted by Gasteiger charge is -2.11. The molecule has 0 saturated carbocycles. The van der Waals surface area contributed by atoms with E-state index in [4.69, 9.17) is 4.98 Å². The van der Waals surface area contributed by atoms with Gasteiger partial charge in [0.25, 0.3) is 0 Å². The lowest BCUT2D eigenvalue weighted by Crippen LogP contribution is -1.96. The molecule has 0 amide bonds. The van der Waals surface area contributed by atoms with Gasteiger partial charge < -0.3 is 9.13 Å². The molecular weight excluding hydrogens is 526 g/mol. The number of hydrogen-bond acceptors (Lipinski definition) is 2. The van der Waals surface area contributed by atoms with Crippen LogP contribution in [0, 0.1) is 0 Å². The lowest BCUT2D eigenvalue weighted by atomic mass is 10.0.